The molecule has 0 saturated carbocycles. The maximum absolute atomic E-state index is 12.0. The van der Waals surface area contributed by atoms with Crippen molar-refractivity contribution in [2.24, 2.45) is 0 Å². The number of methoxy groups -OCH3 is 1. The van der Waals surface area contributed by atoms with Crippen molar-refractivity contribution in [3.63, 3.8) is 0 Å². The van der Waals surface area contributed by atoms with Crippen molar-refractivity contribution in [1.82, 2.24) is 4.98 Å². The SMILES string of the molecule is CCOc1ccc(C=CC(=O)Nc2nc(C)c(C(C)=O)s2)cc1OC. The Kier molecular flexibility index (Phi) is 6.30. The van der Waals surface area contributed by atoms with E-state index in [4.69, 9.17) is 9.47 Å². The van der Waals surface area contributed by atoms with Crippen molar-refractivity contribution < 1.29 is 19.1 Å². The van der Waals surface area contributed by atoms with E-state index in [1.807, 2.05) is 13.0 Å². The van der Waals surface area contributed by atoms with Gasteiger partial charge in [0.15, 0.2) is 22.4 Å². The lowest BCUT2D eigenvalue weighted by atomic mass is 10.2. The van der Waals surface area contributed by atoms with E-state index in [9.17, 15) is 9.59 Å². The highest BCUT2D eigenvalue weighted by Crippen LogP contribution is 2.28. The number of carbonyl (C=O) groups is 2. The summed E-state index contributed by atoms with van der Waals surface area (Å²) in [5.41, 5.74) is 1.42. The van der Waals surface area contributed by atoms with Gasteiger partial charge >= 0.3 is 0 Å². The van der Waals surface area contributed by atoms with Gasteiger partial charge in [-0.05, 0) is 37.6 Å². The number of carbonyl (C=O) groups excluding carboxylic acids is 2. The number of hydrogen-bond acceptors (Lipinski definition) is 6. The number of ketones is 1. The predicted octanol–water partition coefficient (Wildman–Crippen LogP) is 3.71. The second-order valence-electron chi connectivity index (χ2n) is 5.16. The van der Waals surface area contributed by atoms with Crippen LogP contribution >= 0.6 is 11.3 Å². The van der Waals surface area contributed by atoms with Crippen LogP contribution in [-0.2, 0) is 4.79 Å². The summed E-state index contributed by atoms with van der Waals surface area (Å²) < 4.78 is 10.7. The van der Waals surface area contributed by atoms with Crippen molar-refractivity contribution in [3.05, 3.63) is 40.4 Å². The van der Waals surface area contributed by atoms with Crippen molar-refractivity contribution in [2.75, 3.05) is 19.0 Å². The molecular weight excluding hydrogens is 340 g/mol. The summed E-state index contributed by atoms with van der Waals surface area (Å²) in [5.74, 6) is 0.872. The van der Waals surface area contributed by atoms with Crippen LogP contribution in [0.4, 0.5) is 5.13 Å². The lowest BCUT2D eigenvalue weighted by molar-refractivity contribution is -0.111. The van der Waals surface area contributed by atoms with Crippen LogP contribution in [0, 0.1) is 6.92 Å². The molecule has 0 radical (unpaired) electrons. The number of anilines is 1. The number of benzene rings is 1. The fourth-order valence-electron chi connectivity index (χ4n) is 2.16. The first-order valence-corrected chi connectivity index (χ1v) is 8.54. The van der Waals surface area contributed by atoms with E-state index in [1.54, 1.807) is 32.2 Å². The van der Waals surface area contributed by atoms with E-state index in [0.29, 0.717) is 33.8 Å². The molecule has 6 nitrogen and oxygen atoms in total. The minimum absolute atomic E-state index is 0.0625. The van der Waals surface area contributed by atoms with Crippen molar-refractivity contribution in [3.8, 4) is 11.5 Å². The van der Waals surface area contributed by atoms with Gasteiger partial charge in [-0.25, -0.2) is 4.98 Å². The second-order valence-corrected chi connectivity index (χ2v) is 6.15. The lowest BCUT2D eigenvalue weighted by Gasteiger charge is -2.09. The summed E-state index contributed by atoms with van der Waals surface area (Å²) in [7, 11) is 1.56. The third-order valence-corrected chi connectivity index (χ3v) is 4.43. The number of ether oxygens (including phenoxy) is 2. The van der Waals surface area contributed by atoms with Gasteiger partial charge in [0, 0.05) is 13.0 Å². The average Bonchev–Trinajstić information content (AvgIpc) is 2.94. The van der Waals surface area contributed by atoms with Crippen LogP contribution in [0.15, 0.2) is 24.3 Å². The molecule has 0 saturated heterocycles. The summed E-state index contributed by atoms with van der Waals surface area (Å²) in [6, 6.07) is 5.41. The molecule has 0 spiro atoms. The van der Waals surface area contributed by atoms with Gasteiger partial charge in [0.2, 0.25) is 5.91 Å². The normalized spacial score (nSPS) is 10.7. The molecule has 132 valence electrons. The van der Waals surface area contributed by atoms with Crippen LogP contribution in [0.3, 0.4) is 0 Å². The first-order chi connectivity index (χ1) is 11.9. The van der Waals surface area contributed by atoms with Gasteiger partial charge in [0.1, 0.15) is 0 Å². The molecule has 0 fully saturated rings. The highest BCUT2D eigenvalue weighted by atomic mass is 32.1. The minimum Gasteiger partial charge on any atom is -0.493 e. The summed E-state index contributed by atoms with van der Waals surface area (Å²) in [6.07, 6.45) is 3.07. The Morgan fingerprint density at radius 3 is 2.68 bits per heavy atom. The van der Waals surface area contributed by atoms with Crippen LogP contribution in [0.1, 0.15) is 34.8 Å². The van der Waals surface area contributed by atoms with E-state index in [-0.39, 0.29) is 11.7 Å². The van der Waals surface area contributed by atoms with E-state index in [1.165, 1.54) is 24.3 Å². The number of hydrogen-bond donors (Lipinski definition) is 1. The average molecular weight is 360 g/mol. The van der Waals surface area contributed by atoms with Crippen LogP contribution < -0.4 is 14.8 Å². The van der Waals surface area contributed by atoms with E-state index in [0.717, 1.165) is 5.56 Å². The highest BCUT2D eigenvalue weighted by Gasteiger charge is 2.12. The Bertz CT molecular complexity index is 811. The zero-order valence-corrected chi connectivity index (χ0v) is 15.4. The zero-order chi connectivity index (χ0) is 18.4. The van der Waals surface area contributed by atoms with Crippen LogP contribution in [0.5, 0.6) is 11.5 Å². The fraction of sp³-hybridized carbons (Fsp3) is 0.278. The summed E-state index contributed by atoms with van der Waals surface area (Å²) in [4.78, 5) is 28.2. The molecule has 1 heterocycles. The van der Waals surface area contributed by atoms with Gasteiger partial charge in [0.25, 0.3) is 0 Å². The van der Waals surface area contributed by atoms with Crippen molar-refractivity contribution in [1.29, 1.82) is 0 Å². The molecule has 0 aliphatic heterocycles. The lowest BCUT2D eigenvalue weighted by Crippen LogP contribution is -2.07. The molecule has 25 heavy (non-hydrogen) atoms. The third kappa shape index (κ3) is 4.90. The molecule has 1 amide bonds. The molecule has 7 heteroatoms. The molecule has 0 aliphatic rings. The largest absolute Gasteiger partial charge is 0.493 e. The molecular formula is C18H20N2O4S. The van der Waals surface area contributed by atoms with Crippen LogP contribution in [0.25, 0.3) is 6.08 Å². The number of aromatic nitrogens is 1. The summed E-state index contributed by atoms with van der Waals surface area (Å²) in [5, 5.41) is 3.07. The Morgan fingerprint density at radius 2 is 2.08 bits per heavy atom. The minimum atomic E-state index is -0.322. The maximum Gasteiger partial charge on any atom is 0.250 e. The molecule has 1 N–H and O–H groups in total. The number of Topliss-reactive ketones (excluding diaryl/α,β-unsaturated/α-hetero) is 1. The predicted molar refractivity (Wildman–Crippen MR) is 98.7 cm³/mol. The molecule has 2 aromatic rings. The number of nitrogens with one attached hydrogen (secondary N) is 1. The van der Waals surface area contributed by atoms with Crippen molar-refractivity contribution in [2.45, 2.75) is 20.8 Å². The summed E-state index contributed by atoms with van der Waals surface area (Å²) in [6.45, 7) is 5.66. The van der Waals surface area contributed by atoms with Gasteiger partial charge in [-0.1, -0.05) is 17.4 Å². The smallest absolute Gasteiger partial charge is 0.250 e. The van der Waals surface area contributed by atoms with Crippen LogP contribution in [-0.4, -0.2) is 30.4 Å². The van der Waals surface area contributed by atoms with Gasteiger partial charge in [-0.3, -0.25) is 14.9 Å². The second kappa shape index (κ2) is 8.43. The van der Waals surface area contributed by atoms with Crippen LogP contribution in [0.2, 0.25) is 0 Å². The molecule has 1 aromatic carbocycles. The number of rotatable bonds is 7. The van der Waals surface area contributed by atoms with Gasteiger partial charge < -0.3 is 9.47 Å². The van der Waals surface area contributed by atoms with E-state index >= 15 is 0 Å². The molecule has 0 aliphatic carbocycles. The monoisotopic (exact) mass is 360 g/mol. The zero-order valence-electron chi connectivity index (χ0n) is 14.6. The topological polar surface area (TPSA) is 77.5 Å². The van der Waals surface area contributed by atoms with Crippen molar-refractivity contribution >= 4 is 34.2 Å². The standard InChI is InChI=1S/C18H20N2O4S/c1-5-24-14-8-6-13(10-15(14)23-4)7-9-16(22)20-18-19-11(2)17(25-18)12(3)21/h6-10H,5H2,1-4H3,(H,19,20,22). The third-order valence-electron chi connectivity index (χ3n) is 3.26. The molecule has 0 bridgehead atoms. The van der Waals surface area contributed by atoms with E-state index < -0.39 is 0 Å². The molecule has 0 atom stereocenters. The number of nitrogens with zero attached hydrogens (tertiary/aromatic N) is 1. The van der Waals surface area contributed by atoms with Gasteiger partial charge in [0.05, 0.1) is 24.3 Å². The first kappa shape index (κ1) is 18.7. The van der Waals surface area contributed by atoms with E-state index in [2.05, 4.69) is 10.3 Å². The first-order valence-electron chi connectivity index (χ1n) is 7.72. The molecule has 0 unspecified atom stereocenters. The molecule has 1 aromatic heterocycles. The van der Waals surface area contributed by atoms with Gasteiger partial charge in [-0.2, -0.15) is 0 Å². The number of amides is 1. The maximum atomic E-state index is 12.0. The van der Waals surface area contributed by atoms with Gasteiger partial charge in [-0.15, -0.1) is 0 Å². The Hall–Kier alpha value is -2.67. The fourth-order valence-corrected chi connectivity index (χ4v) is 3.02. The number of aryl methyl sites for hydroxylation is 1. The Labute approximate surface area is 150 Å². The summed E-state index contributed by atoms with van der Waals surface area (Å²) >= 11 is 1.17. The quantitative estimate of drug-likeness (QED) is 0.601. The Balaban J connectivity index is 2.07. The highest BCUT2D eigenvalue weighted by molar-refractivity contribution is 7.17. The molecule has 2 rings (SSSR count). The number of thiazole rings is 1. The Morgan fingerprint density at radius 1 is 1.32 bits per heavy atom.